The molecule has 2 aromatic rings. The lowest BCUT2D eigenvalue weighted by molar-refractivity contribution is -0.106. The second kappa shape index (κ2) is 6.75. The third-order valence-electron chi connectivity index (χ3n) is 2.76. The van der Waals surface area contributed by atoms with E-state index >= 15 is 0 Å². The van der Waals surface area contributed by atoms with Gasteiger partial charge in [0.05, 0.1) is 0 Å². The average molecular weight is 252 g/mol. The Hall–Kier alpha value is -2.08. The normalized spacial score (nSPS) is 10.1. The van der Waals surface area contributed by atoms with E-state index < -0.39 is 0 Å². The molecule has 0 saturated heterocycles. The molecule has 96 valence electrons. The van der Waals surface area contributed by atoms with Crippen molar-refractivity contribution in [2.75, 3.05) is 14.2 Å². The quantitative estimate of drug-likeness (QED) is 0.616. The van der Waals surface area contributed by atoms with Gasteiger partial charge in [0, 0.05) is 30.9 Å². The number of ether oxygens (including phenoxy) is 2. The lowest BCUT2D eigenvalue weighted by Gasteiger charge is -2.15. The lowest BCUT2D eigenvalue weighted by atomic mass is 10.1. The van der Waals surface area contributed by atoms with Gasteiger partial charge in [0.25, 0.3) is 0 Å². The SMILES string of the molecule is COC(OC)c1ccccc1C#Cc1ccccc1. The highest BCUT2D eigenvalue weighted by Crippen LogP contribution is 2.20. The third-order valence-corrected chi connectivity index (χ3v) is 2.76. The first-order valence-corrected chi connectivity index (χ1v) is 6.06. The molecule has 0 fully saturated rings. The first-order valence-electron chi connectivity index (χ1n) is 6.06. The van der Waals surface area contributed by atoms with Gasteiger partial charge in [0.2, 0.25) is 0 Å². The summed E-state index contributed by atoms with van der Waals surface area (Å²) >= 11 is 0. The smallest absolute Gasteiger partial charge is 0.184 e. The van der Waals surface area contributed by atoms with Crippen molar-refractivity contribution in [2.24, 2.45) is 0 Å². The minimum Gasteiger partial charge on any atom is -0.352 e. The fourth-order valence-electron chi connectivity index (χ4n) is 1.83. The summed E-state index contributed by atoms with van der Waals surface area (Å²) in [4.78, 5) is 0. The van der Waals surface area contributed by atoms with Gasteiger partial charge < -0.3 is 9.47 Å². The molecule has 0 heterocycles. The van der Waals surface area contributed by atoms with Crippen LogP contribution < -0.4 is 0 Å². The van der Waals surface area contributed by atoms with Crippen LogP contribution in [-0.2, 0) is 9.47 Å². The molecule has 0 aliphatic rings. The fourth-order valence-corrected chi connectivity index (χ4v) is 1.83. The molecule has 0 radical (unpaired) electrons. The minimum atomic E-state index is -0.388. The Balaban J connectivity index is 2.33. The van der Waals surface area contributed by atoms with Crippen LogP contribution in [0.4, 0.5) is 0 Å². The van der Waals surface area contributed by atoms with Gasteiger partial charge in [-0.3, -0.25) is 0 Å². The summed E-state index contributed by atoms with van der Waals surface area (Å²) in [5.41, 5.74) is 2.85. The highest BCUT2D eigenvalue weighted by molar-refractivity contribution is 5.46. The van der Waals surface area contributed by atoms with Crippen molar-refractivity contribution in [1.29, 1.82) is 0 Å². The molecule has 0 aromatic heterocycles. The number of rotatable bonds is 3. The molecule has 0 atom stereocenters. The summed E-state index contributed by atoms with van der Waals surface area (Å²) in [6, 6.07) is 17.7. The minimum absolute atomic E-state index is 0.388. The molecule has 0 unspecified atom stereocenters. The predicted molar refractivity (Wildman–Crippen MR) is 75.6 cm³/mol. The maximum atomic E-state index is 5.29. The molecule has 0 aliphatic heterocycles. The van der Waals surface area contributed by atoms with E-state index in [1.165, 1.54) is 0 Å². The van der Waals surface area contributed by atoms with Crippen molar-refractivity contribution in [3.63, 3.8) is 0 Å². The largest absolute Gasteiger partial charge is 0.352 e. The Labute approximate surface area is 114 Å². The number of hydrogen-bond acceptors (Lipinski definition) is 2. The number of benzene rings is 2. The lowest BCUT2D eigenvalue weighted by Crippen LogP contribution is -2.05. The van der Waals surface area contributed by atoms with E-state index in [0.717, 1.165) is 16.7 Å². The molecule has 2 rings (SSSR count). The van der Waals surface area contributed by atoms with Crippen molar-refractivity contribution in [2.45, 2.75) is 6.29 Å². The molecule has 0 amide bonds. The molecule has 2 heteroatoms. The van der Waals surface area contributed by atoms with Gasteiger partial charge in [-0.05, 0) is 18.2 Å². The summed E-state index contributed by atoms with van der Waals surface area (Å²) in [5.74, 6) is 6.31. The highest BCUT2D eigenvalue weighted by atomic mass is 16.7. The Morgan fingerprint density at radius 3 is 2.11 bits per heavy atom. The zero-order valence-corrected chi connectivity index (χ0v) is 11.1. The topological polar surface area (TPSA) is 18.5 Å². The summed E-state index contributed by atoms with van der Waals surface area (Å²) in [6.07, 6.45) is -0.388. The van der Waals surface area contributed by atoms with Gasteiger partial charge in [-0.2, -0.15) is 0 Å². The maximum Gasteiger partial charge on any atom is 0.184 e. The molecule has 2 nitrogen and oxygen atoms in total. The summed E-state index contributed by atoms with van der Waals surface area (Å²) < 4.78 is 10.6. The molecule has 2 aromatic carbocycles. The van der Waals surface area contributed by atoms with Gasteiger partial charge in [-0.1, -0.05) is 48.2 Å². The van der Waals surface area contributed by atoms with Crippen molar-refractivity contribution >= 4 is 0 Å². The van der Waals surface area contributed by atoms with E-state index in [1.807, 2.05) is 54.6 Å². The molecule has 0 saturated carbocycles. The predicted octanol–water partition coefficient (Wildman–Crippen LogP) is 3.38. The first-order chi connectivity index (χ1) is 9.35. The molecular weight excluding hydrogens is 236 g/mol. The molecular formula is C17H16O2. The fraction of sp³-hybridized carbons (Fsp3) is 0.176. The molecule has 0 bridgehead atoms. The van der Waals surface area contributed by atoms with E-state index in [-0.39, 0.29) is 6.29 Å². The summed E-state index contributed by atoms with van der Waals surface area (Å²) in [7, 11) is 3.24. The second-order valence-electron chi connectivity index (χ2n) is 4.01. The zero-order chi connectivity index (χ0) is 13.5. The summed E-state index contributed by atoms with van der Waals surface area (Å²) in [5, 5.41) is 0. The maximum absolute atomic E-state index is 5.29. The molecule has 0 spiro atoms. The van der Waals surface area contributed by atoms with Crippen LogP contribution in [0.2, 0.25) is 0 Å². The van der Waals surface area contributed by atoms with E-state index in [0.29, 0.717) is 0 Å². The van der Waals surface area contributed by atoms with Crippen LogP contribution in [0.5, 0.6) is 0 Å². The zero-order valence-electron chi connectivity index (χ0n) is 11.1. The van der Waals surface area contributed by atoms with Crippen molar-refractivity contribution in [1.82, 2.24) is 0 Å². The third kappa shape index (κ3) is 3.45. The average Bonchev–Trinajstić information content (AvgIpc) is 2.48. The van der Waals surface area contributed by atoms with Crippen LogP contribution in [0, 0.1) is 11.8 Å². The van der Waals surface area contributed by atoms with Crippen LogP contribution in [-0.4, -0.2) is 14.2 Å². The van der Waals surface area contributed by atoms with Gasteiger partial charge in [-0.15, -0.1) is 0 Å². The van der Waals surface area contributed by atoms with Crippen LogP contribution in [0.3, 0.4) is 0 Å². The van der Waals surface area contributed by atoms with E-state index in [1.54, 1.807) is 14.2 Å². The van der Waals surface area contributed by atoms with Crippen LogP contribution in [0.15, 0.2) is 54.6 Å². The van der Waals surface area contributed by atoms with Gasteiger partial charge in [0.15, 0.2) is 6.29 Å². The number of hydrogen-bond donors (Lipinski definition) is 0. The van der Waals surface area contributed by atoms with Crippen LogP contribution >= 0.6 is 0 Å². The van der Waals surface area contributed by atoms with Gasteiger partial charge in [-0.25, -0.2) is 0 Å². The van der Waals surface area contributed by atoms with Gasteiger partial charge in [0.1, 0.15) is 0 Å². The van der Waals surface area contributed by atoms with E-state index in [2.05, 4.69) is 11.8 Å². The van der Waals surface area contributed by atoms with E-state index in [4.69, 9.17) is 9.47 Å². The van der Waals surface area contributed by atoms with Gasteiger partial charge >= 0.3 is 0 Å². The molecule has 0 aliphatic carbocycles. The van der Waals surface area contributed by atoms with Crippen molar-refractivity contribution in [3.05, 3.63) is 71.3 Å². The molecule has 19 heavy (non-hydrogen) atoms. The second-order valence-corrected chi connectivity index (χ2v) is 4.01. The summed E-state index contributed by atoms with van der Waals surface area (Å²) in [6.45, 7) is 0. The van der Waals surface area contributed by atoms with Crippen LogP contribution in [0.1, 0.15) is 23.0 Å². The Bertz CT molecular complexity index is 575. The standard InChI is InChI=1S/C17H16O2/c1-18-17(19-2)16-11-7-6-10-15(16)13-12-14-8-4-3-5-9-14/h3-11,17H,1-2H3. The molecule has 0 N–H and O–H groups in total. The Kier molecular flexibility index (Phi) is 4.74. The van der Waals surface area contributed by atoms with E-state index in [9.17, 15) is 0 Å². The highest BCUT2D eigenvalue weighted by Gasteiger charge is 2.11. The monoisotopic (exact) mass is 252 g/mol. The Morgan fingerprint density at radius 1 is 0.789 bits per heavy atom. The van der Waals surface area contributed by atoms with Crippen LogP contribution in [0.25, 0.3) is 0 Å². The first kappa shape index (κ1) is 13.4. The Morgan fingerprint density at radius 2 is 1.42 bits per heavy atom. The van der Waals surface area contributed by atoms with Crippen molar-refractivity contribution in [3.8, 4) is 11.8 Å². The number of methoxy groups -OCH3 is 2. The van der Waals surface area contributed by atoms with Crippen molar-refractivity contribution < 1.29 is 9.47 Å².